The molecule has 0 bridgehead atoms. The zero-order valence-electron chi connectivity index (χ0n) is 23.5. The molecule has 4 rings (SSSR count). The first-order chi connectivity index (χ1) is 19.0. The molecule has 3 heterocycles. The summed E-state index contributed by atoms with van der Waals surface area (Å²) >= 11 is 0. The maximum atomic E-state index is 13.5. The number of aliphatic hydroxyl groups is 1. The molecule has 216 valence electrons. The average molecular weight is 572 g/mol. The monoisotopic (exact) mass is 571 g/mol. The first-order valence-corrected chi connectivity index (χ1v) is 14.7. The molecule has 0 unspecified atom stereocenters. The Morgan fingerprint density at radius 3 is 2.60 bits per heavy atom. The fraction of sp³-hybridized carbons (Fsp3) is 0.464. The number of hydrogen-bond acceptors (Lipinski definition) is 9. The van der Waals surface area contributed by atoms with Crippen molar-refractivity contribution in [2.24, 2.45) is 5.92 Å². The molecule has 1 aromatic carbocycles. The van der Waals surface area contributed by atoms with Crippen molar-refractivity contribution >= 4 is 21.6 Å². The van der Waals surface area contributed by atoms with Crippen LogP contribution in [0.25, 0.3) is 0 Å². The van der Waals surface area contributed by atoms with E-state index in [0.29, 0.717) is 30.9 Å². The van der Waals surface area contributed by atoms with E-state index in [0.717, 1.165) is 5.56 Å². The standard InChI is InChI=1S/C28H37N5O6S/c1-18-14-33(19(2)17-34)27(35)13-23-12-24(31-40(36,37)28-20(3)30-39-21(28)4)6-7-25(23)38-26(18)16-32(5)15-22-8-10-29-11-9-22/h6-12,18-19,26,31,34H,13-17H2,1-5H3/t18-,19+,26+/m1/s1. The van der Waals surface area contributed by atoms with E-state index in [4.69, 9.17) is 9.26 Å². The molecule has 11 nitrogen and oxygen atoms in total. The molecule has 0 fully saturated rings. The highest BCUT2D eigenvalue weighted by Crippen LogP contribution is 2.31. The summed E-state index contributed by atoms with van der Waals surface area (Å²) in [7, 11) is -1.97. The predicted molar refractivity (Wildman–Crippen MR) is 149 cm³/mol. The Kier molecular flexibility index (Phi) is 9.12. The summed E-state index contributed by atoms with van der Waals surface area (Å²) in [6, 6.07) is 8.49. The maximum Gasteiger partial charge on any atom is 0.267 e. The number of anilines is 1. The van der Waals surface area contributed by atoms with Crippen molar-refractivity contribution in [3.63, 3.8) is 0 Å². The summed E-state index contributed by atoms with van der Waals surface area (Å²) < 4.78 is 40.4. The molecule has 3 atom stereocenters. The highest BCUT2D eigenvalue weighted by atomic mass is 32.2. The lowest BCUT2D eigenvalue weighted by Gasteiger charge is -2.34. The lowest BCUT2D eigenvalue weighted by Crippen LogP contribution is -2.47. The summed E-state index contributed by atoms with van der Waals surface area (Å²) in [6.45, 7) is 8.46. The molecular weight excluding hydrogens is 534 g/mol. The zero-order chi connectivity index (χ0) is 29.0. The number of aliphatic hydroxyl groups excluding tert-OH is 1. The minimum atomic E-state index is -3.97. The molecule has 40 heavy (non-hydrogen) atoms. The van der Waals surface area contributed by atoms with Crippen molar-refractivity contribution in [1.82, 2.24) is 19.9 Å². The molecule has 0 aliphatic carbocycles. The van der Waals surface area contributed by atoms with Gasteiger partial charge in [0.25, 0.3) is 10.0 Å². The Morgan fingerprint density at radius 2 is 1.95 bits per heavy atom. The number of pyridine rings is 1. The van der Waals surface area contributed by atoms with Gasteiger partial charge >= 0.3 is 0 Å². The molecule has 2 aromatic heterocycles. The SMILES string of the molecule is Cc1noc(C)c1S(=O)(=O)Nc1ccc2c(c1)CC(=O)N([C@@H](C)CO)C[C@@H](C)[C@H](CN(C)Cc1ccncc1)O2. The van der Waals surface area contributed by atoms with Gasteiger partial charge < -0.3 is 19.3 Å². The quantitative estimate of drug-likeness (QED) is 0.397. The Labute approximate surface area is 235 Å². The van der Waals surface area contributed by atoms with E-state index < -0.39 is 10.0 Å². The van der Waals surface area contributed by atoms with Crippen molar-refractivity contribution in [2.45, 2.75) is 57.7 Å². The average Bonchev–Trinajstić information content (AvgIpc) is 3.27. The van der Waals surface area contributed by atoms with Crippen molar-refractivity contribution in [1.29, 1.82) is 0 Å². The predicted octanol–water partition coefficient (Wildman–Crippen LogP) is 2.77. The van der Waals surface area contributed by atoms with Gasteiger partial charge in [-0.15, -0.1) is 0 Å². The number of rotatable bonds is 9. The van der Waals surface area contributed by atoms with Gasteiger partial charge in [0, 0.05) is 49.2 Å². The van der Waals surface area contributed by atoms with Crippen LogP contribution < -0.4 is 9.46 Å². The van der Waals surface area contributed by atoms with Crippen LogP contribution in [0.15, 0.2) is 52.1 Å². The minimum Gasteiger partial charge on any atom is -0.488 e. The highest BCUT2D eigenvalue weighted by Gasteiger charge is 2.31. The first-order valence-electron chi connectivity index (χ1n) is 13.2. The molecule has 2 N–H and O–H groups in total. The van der Waals surface area contributed by atoms with Crippen LogP contribution in [0.5, 0.6) is 5.75 Å². The van der Waals surface area contributed by atoms with E-state index in [1.165, 1.54) is 6.92 Å². The second-order valence-corrected chi connectivity index (χ2v) is 12.1. The van der Waals surface area contributed by atoms with E-state index in [2.05, 4.69) is 19.8 Å². The number of nitrogens with one attached hydrogen (secondary N) is 1. The molecular formula is C28H37N5O6S. The third-order valence-corrected chi connectivity index (χ3v) is 8.72. The van der Waals surface area contributed by atoms with E-state index in [9.17, 15) is 18.3 Å². The number of carbonyl (C=O) groups excluding carboxylic acids is 1. The van der Waals surface area contributed by atoms with Crippen LogP contribution >= 0.6 is 0 Å². The lowest BCUT2D eigenvalue weighted by molar-refractivity contribution is -0.134. The number of aromatic nitrogens is 2. The van der Waals surface area contributed by atoms with Crippen molar-refractivity contribution in [3.8, 4) is 5.75 Å². The molecule has 1 amide bonds. The maximum absolute atomic E-state index is 13.5. The minimum absolute atomic E-state index is 0.00709. The number of amides is 1. The number of likely N-dealkylation sites (N-methyl/N-ethyl adjacent to an activating group) is 1. The van der Waals surface area contributed by atoms with Crippen LogP contribution in [-0.2, 0) is 27.8 Å². The molecule has 0 spiro atoms. The molecule has 0 saturated heterocycles. The molecule has 12 heteroatoms. The van der Waals surface area contributed by atoms with Gasteiger partial charge in [0.15, 0.2) is 10.7 Å². The van der Waals surface area contributed by atoms with E-state index >= 15 is 0 Å². The fourth-order valence-electron chi connectivity index (χ4n) is 4.95. The number of carbonyl (C=O) groups is 1. The lowest BCUT2D eigenvalue weighted by atomic mass is 10.0. The third kappa shape index (κ3) is 6.80. The van der Waals surface area contributed by atoms with Gasteiger partial charge in [0.05, 0.1) is 19.1 Å². The zero-order valence-corrected chi connectivity index (χ0v) is 24.3. The normalized spacial score (nSPS) is 18.9. The second kappa shape index (κ2) is 12.4. The van der Waals surface area contributed by atoms with Gasteiger partial charge in [-0.05, 0) is 63.7 Å². The van der Waals surface area contributed by atoms with Crippen LogP contribution in [0.4, 0.5) is 5.69 Å². The molecule has 3 aromatic rings. The summed E-state index contributed by atoms with van der Waals surface area (Å²) in [6.07, 6.45) is 3.23. The van der Waals surface area contributed by atoms with Crippen molar-refractivity contribution in [2.75, 3.05) is 31.5 Å². The second-order valence-electron chi connectivity index (χ2n) is 10.5. The Balaban J connectivity index is 1.65. The van der Waals surface area contributed by atoms with Crippen LogP contribution in [0.2, 0.25) is 0 Å². The Hall–Kier alpha value is -3.48. The largest absolute Gasteiger partial charge is 0.488 e. The first kappa shape index (κ1) is 29.5. The van der Waals surface area contributed by atoms with Gasteiger partial charge in [-0.25, -0.2) is 8.42 Å². The van der Waals surface area contributed by atoms with Crippen molar-refractivity contribution < 1.29 is 27.6 Å². The van der Waals surface area contributed by atoms with Gasteiger partial charge in [0.2, 0.25) is 5.91 Å². The van der Waals surface area contributed by atoms with Gasteiger partial charge in [-0.1, -0.05) is 12.1 Å². The number of ether oxygens (including phenoxy) is 1. The smallest absolute Gasteiger partial charge is 0.267 e. The molecule has 1 aliphatic rings. The highest BCUT2D eigenvalue weighted by molar-refractivity contribution is 7.92. The van der Waals surface area contributed by atoms with Gasteiger partial charge in [0.1, 0.15) is 17.5 Å². The Bertz CT molecular complexity index is 1410. The van der Waals surface area contributed by atoms with Crippen molar-refractivity contribution in [3.05, 3.63) is 65.3 Å². The van der Waals surface area contributed by atoms with Crippen LogP contribution in [0.1, 0.15) is 36.4 Å². The third-order valence-electron chi connectivity index (χ3n) is 7.10. The Morgan fingerprint density at radius 1 is 1.23 bits per heavy atom. The molecule has 0 radical (unpaired) electrons. The van der Waals surface area contributed by atoms with Crippen LogP contribution in [0, 0.1) is 19.8 Å². The number of aryl methyl sites for hydroxylation is 2. The van der Waals surface area contributed by atoms with Gasteiger partial charge in [-0.2, -0.15) is 0 Å². The fourth-order valence-corrected chi connectivity index (χ4v) is 6.33. The number of sulfonamides is 1. The molecule has 1 aliphatic heterocycles. The summed E-state index contributed by atoms with van der Waals surface area (Å²) in [4.78, 5) is 21.4. The molecule has 0 saturated carbocycles. The number of benzene rings is 1. The van der Waals surface area contributed by atoms with E-state index in [-0.39, 0.29) is 59.0 Å². The summed E-state index contributed by atoms with van der Waals surface area (Å²) in [5.41, 5.74) is 2.22. The topological polar surface area (TPSA) is 138 Å². The van der Waals surface area contributed by atoms with Gasteiger partial charge in [-0.3, -0.25) is 19.4 Å². The number of hydrogen-bond donors (Lipinski definition) is 2. The summed E-state index contributed by atoms with van der Waals surface area (Å²) in [5, 5.41) is 13.6. The summed E-state index contributed by atoms with van der Waals surface area (Å²) in [5.74, 6) is 0.477. The number of fused-ring (bicyclic) bond motifs is 1. The van der Waals surface area contributed by atoms with Crippen LogP contribution in [-0.4, -0.2) is 78.3 Å². The van der Waals surface area contributed by atoms with E-state index in [1.54, 1.807) is 42.4 Å². The van der Waals surface area contributed by atoms with E-state index in [1.807, 2.05) is 33.0 Å². The number of nitrogens with zero attached hydrogens (tertiary/aromatic N) is 4. The van der Waals surface area contributed by atoms with Crippen LogP contribution in [0.3, 0.4) is 0 Å².